The number of halogens is 1. The summed E-state index contributed by atoms with van der Waals surface area (Å²) in [5.41, 5.74) is 4.08. The number of hydrogen-bond donors (Lipinski definition) is 1. The summed E-state index contributed by atoms with van der Waals surface area (Å²) in [6.45, 7) is 7.20. The van der Waals surface area contributed by atoms with E-state index in [2.05, 4.69) is 25.1 Å². The fraction of sp³-hybridized carbons (Fsp3) is 0.292. The first-order chi connectivity index (χ1) is 15.5. The Hall–Kier alpha value is -3.13. The molecule has 2 aromatic carbocycles. The Labute approximate surface area is 191 Å². The lowest BCUT2D eigenvalue weighted by Crippen LogP contribution is -2.47. The second-order valence-corrected chi connectivity index (χ2v) is 8.68. The average molecular weight is 452 g/mol. The Bertz CT molecular complexity index is 1080. The molecule has 3 aromatic rings. The van der Waals surface area contributed by atoms with Crippen molar-refractivity contribution in [2.75, 3.05) is 47.0 Å². The van der Waals surface area contributed by atoms with E-state index in [1.165, 1.54) is 23.9 Å². The molecule has 166 valence electrons. The Balaban J connectivity index is 1.36. The van der Waals surface area contributed by atoms with Gasteiger partial charge >= 0.3 is 0 Å². The highest BCUT2D eigenvalue weighted by Crippen LogP contribution is 2.28. The molecular weight excluding hydrogens is 425 g/mol. The number of benzene rings is 2. The van der Waals surface area contributed by atoms with Gasteiger partial charge in [0.2, 0.25) is 5.91 Å². The smallest absolute Gasteiger partial charge is 0.234 e. The van der Waals surface area contributed by atoms with Crippen molar-refractivity contribution >= 4 is 34.9 Å². The topological polar surface area (TPSA) is 61.4 Å². The predicted molar refractivity (Wildman–Crippen MR) is 128 cm³/mol. The second-order valence-electron chi connectivity index (χ2n) is 7.72. The largest absolute Gasteiger partial charge is 0.368 e. The fourth-order valence-corrected chi connectivity index (χ4v) is 4.46. The minimum Gasteiger partial charge on any atom is -0.368 e. The average Bonchev–Trinajstić information content (AvgIpc) is 2.82. The van der Waals surface area contributed by atoms with Crippen molar-refractivity contribution in [1.29, 1.82) is 0 Å². The molecule has 4 rings (SSSR count). The van der Waals surface area contributed by atoms with Crippen LogP contribution in [-0.4, -0.2) is 47.8 Å². The number of carbonyl (C=O) groups excluding carboxylic acids is 1. The molecule has 0 unspecified atom stereocenters. The van der Waals surface area contributed by atoms with E-state index in [0.29, 0.717) is 0 Å². The highest BCUT2D eigenvalue weighted by molar-refractivity contribution is 8.00. The van der Waals surface area contributed by atoms with Crippen LogP contribution in [0.15, 0.2) is 59.9 Å². The Morgan fingerprint density at radius 1 is 1.00 bits per heavy atom. The number of amides is 1. The predicted octanol–water partition coefficient (Wildman–Crippen LogP) is 4.29. The van der Waals surface area contributed by atoms with Crippen molar-refractivity contribution < 1.29 is 9.18 Å². The van der Waals surface area contributed by atoms with Gasteiger partial charge in [-0.05, 0) is 55.3 Å². The van der Waals surface area contributed by atoms with Crippen molar-refractivity contribution in [1.82, 2.24) is 9.97 Å². The van der Waals surface area contributed by atoms with E-state index in [1.54, 1.807) is 12.4 Å². The Morgan fingerprint density at radius 2 is 1.69 bits per heavy atom. The maximum Gasteiger partial charge on any atom is 0.234 e. The number of nitrogens with one attached hydrogen (secondary N) is 1. The number of piperazine rings is 1. The van der Waals surface area contributed by atoms with Gasteiger partial charge in [-0.2, -0.15) is 0 Å². The second kappa shape index (κ2) is 9.99. The molecule has 0 radical (unpaired) electrons. The molecule has 32 heavy (non-hydrogen) atoms. The van der Waals surface area contributed by atoms with Gasteiger partial charge in [-0.1, -0.05) is 23.9 Å². The van der Waals surface area contributed by atoms with E-state index in [1.807, 2.05) is 44.2 Å². The third kappa shape index (κ3) is 5.19. The molecule has 2 heterocycles. The maximum absolute atomic E-state index is 13.2. The van der Waals surface area contributed by atoms with Crippen LogP contribution in [0.4, 0.5) is 21.6 Å². The zero-order valence-corrected chi connectivity index (χ0v) is 19.0. The molecule has 0 saturated carbocycles. The highest BCUT2D eigenvalue weighted by Gasteiger charge is 2.22. The lowest BCUT2D eigenvalue weighted by Gasteiger charge is -2.37. The molecule has 1 N–H and O–H groups in total. The van der Waals surface area contributed by atoms with E-state index in [4.69, 9.17) is 0 Å². The Morgan fingerprint density at radius 3 is 2.44 bits per heavy atom. The van der Waals surface area contributed by atoms with Gasteiger partial charge in [-0.25, -0.2) is 14.4 Å². The van der Waals surface area contributed by atoms with Gasteiger partial charge in [-0.15, -0.1) is 0 Å². The van der Waals surface area contributed by atoms with E-state index in [0.717, 1.165) is 59.5 Å². The lowest BCUT2D eigenvalue weighted by molar-refractivity contribution is -0.113. The van der Waals surface area contributed by atoms with E-state index < -0.39 is 0 Å². The first kappa shape index (κ1) is 22.1. The quantitative estimate of drug-likeness (QED) is 0.564. The molecule has 1 amide bonds. The SMILES string of the molecule is Cc1cccc(NC(=O)CSc2nccnc2N2CCN(c3ccc(F)cc3)CC2)c1C. The molecule has 1 aliphatic heterocycles. The molecule has 1 aliphatic rings. The standard InChI is InChI=1S/C24H26FN5OS/c1-17-4-3-5-21(18(17)2)28-22(31)16-32-24-23(26-10-11-27-24)30-14-12-29(13-15-30)20-8-6-19(25)7-9-20/h3-11H,12-16H2,1-2H3,(H,28,31). The number of hydrogen-bond acceptors (Lipinski definition) is 6. The van der Waals surface area contributed by atoms with Crippen LogP contribution < -0.4 is 15.1 Å². The normalized spacial score (nSPS) is 13.8. The van der Waals surface area contributed by atoms with Crippen LogP contribution in [0.2, 0.25) is 0 Å². The number of aromatic nitrogens is 2. The van der Waals surface area contributed by atoms with Crippen LogP contribution in [0, 0.1) is 19.7 Å². The van der Waals surface area contributed by atoms with Crippen molar-refractivity contribution in [3.63, 3.8) is 0 Å². The number of nitrogens with zero attached hydrogens (tertiary/aromatic N) is 4. The van der Waals surface area contributed by atoms with Crippen LogP contribution in [-0.2, 0) is 4.79 Å². The number of rotatable bonds is 6. The summed E-state index contributed by atoms with van der Waals surface area (Å²) in [5, 5.41) is 3.74. The van der Waals surface area contributed by atoms with E-state index in [9.17, 15) is 9.18 Å². The molecular formula is C24H26FN5OS. The van der Waals surface area contributed by atoms with Crippen LogP contribution >= 0.6 is 11.8 Å². The third-order valence-corrected chi connectivity index (χ3v) is 6.60. The summed E-state index contributed by atoms with van der Waals surface area (Å²) in [5.74, 6) is 0.765. The summed E-state index contributed by atoms with van der Waals surface area (Å²) in [4.78, 5) is 26.0. The van der Waals surface area contributed by atoms with Gasteiger partial charge < -0.3 is 15.1 Å². The van der Waals surface area contributed by atoms with Crippen molar-refractivity contribution in [3.8, 4) is 0 Å². The van der Waals surface area contributed by atoms with Crippen LogP contribution in [0.1, 0.15) is 11.1 Å². The summed E-state index contributed by atoms with van der Waals surface area (Å²) in [6.07, 6.45) is 3.34. The van der Waals surface area contributed by atoms with Gasteiger partial charge in [-0.3, -0.25) is 4.79 Å². The Kier molecular flexibility index (Phi) is 6.90. The molecule has 1 fully saturated rings. The number of anilines is 3. The summed E-state index contributed by atoms with van der Waals surface area (Å²) in [6, 6.07) is 12.5. The minimum atomic E-state index is -0.227. The van der Waals surface area contributed by atoms with E-state index in [-0.39, 0.29) is 17.5 Å². The fourth-order valence-electron chi connectivity index (χ4n) is 3.67. The molecule has 8 heteroatoms. The first-order valence-corrected chi connectivity index (χ1v) is 11.5. The molecule has 0 bridgehead atoms. The first-order valence-electron chi connectivity index (χ1n) is 10.6. The van der Waals surface area contributed by atoms with Gasteiger partial charge in [0, 0.05) is 49.9 Å². The number of carbonyl (C=O) groups is 1. The number of thioether (sulfide) groups is 1. The summed E-state index contributed by atoms with van der Waals surface area (Å²) < 4.78 is 13.2. The van der Waals surface area contributed by atoms with Crippen LogP contribution in [0.5, 0.6) is 0 Å². The number of aryl methyl sites for hydroxylation is 1. The van der Waals surface area contributed by atoms with Crippen molar-refractivity contribution in [2.24, 2.45) is 0 Å². The van der Waals surface area contributed by atoms with E-state index >= 15 is 0 Å². The van der Waals surface area contributed by atoms with Crippen molar-refractivity contribution in [2.45, 2.75) is 18.9 Å². The van der Waals surface area contributed by atoms with Gasteiger partial charge in [0.15, 0.2) is 5.82 Å². The molecule has 6 nitrogen and oxygen atoms in total. The minimum absolute atomic E-state index is 0.0681. The third-order valence-electron chi connectivity index (χ3n) is 5.64. The lowest BCUT2D eigenvalue weighted by atomic mass is 10.1. The zero-order chi connectivity index (χ0) is 22.5. The molecule has 0 atom stereocenters. The van der Waals surface area contributed by atoms with Gasteiger partial charge in [0.25, 0.3) is 0 Å². The van der Waals surface area contributed by atoms with Crippen LogP contribution in [0.25, 0.3) is 0 Å². The highest BCUT2D eigenvalue weighted by atomic mass is 32.2. The van der Waals surface area contributed by atoms with Gasteiger partial charge in [0.1, 0.15) is 10.8 Å². The zero-order valence-electron chi connectivity index (χ0n) is 18.2. The molecule has 1 saturated heterocycles. The maximum atomic E-state index is 13.2. The van der Waals surface area contributed by atoms with Gasteiger partial charge in [0.05, 0.1) is 5.75 Å². The molecule has 0 spiro atoms. The summed E-state index contributed by atoms with van der Waals surface area (Å²) >= 11 is 1.39. The molecule has 1 aromatic heterocycles. The monoisotopic (exact) mass is 451 g/mol. The van der Waals surface area contributed by atoms with Crippen LogP contribution in [0.3, 0.4) is 0 Å². The molecule has 0 aliphatic carbocycles. The summed E-state index contributed by atoms with van der Waals surface area (Å²) in [7, 11) is 0. The van der Waals surface area contributed by atoms with Crippen molar-refractivity contribution in [3.05, 3.63) is 71.8 Å².